The molecule has 33 heavy (non-hydrogen) atoms. The summed E-state index contributed by atoms with van der Waals surface area (Å²) in [5, 5.41) is 7.80. The van der Waals surface area contributed by atoms with Crippen molar-refractivity contribution in [1.29, 1.82) is 0 Å². The lowest BCUT2D eigenvalue weighted by atomic mass is 10.0. The molecule has 2 amide bonds. The van der Waals surface area contributed by atoms with Crippen LogP contribution in [0.25, 0.3) is 10.9 Å². The summed E-state index contributed by atoms with van der Waals surface area (Å²) in [5.74, 6) is -0.120. The molecule has 1 atom stereocenters. The molecule has 1 N–H and O–H groups in total. The number of nitrogens with one attached hydrogen (secondary N) is 1. The van der Waals surface area contributed by atoms with E-state index in [1.807, 2.05) is 38.1 Å². The van der Waals surface area contributed by atoms with Crippen molar-refractivity contribution in [2.45, 2.75) is 20.0 Å². The Bertz CT molecular complexity index is 1250. The van der Waals surface area contributed by atoms with Gasteiger partial charge in [-0.15, -0.1) is 0 Å². The Balaban J connectivity index is 1.62. The molecule has 4 rings (SSSR count). The Hall–Kier alpha value is -3.59. The summed E-state index contributed by atoms with van der Waals surface area (Å²) >= 11 is 0. The number of para-hydroxylation sites is 1. The summed E-state index contributed by atoms with van der Waals surface area (Å²) in [6.07, 6.45) is -0.489. The highest BCUT2D eigenvalue weighted by atomic mass is 16.5. The Morgan fingerprint density at radius 2 is 2.00 bits per heavy atom. The lowest BCUT2D eigenvalue weighted by Crippen LogP contribution is -2.43. The van der Waals surface area contributed by atoms with Gasteiger partial charge in [0.2, 0.25) is 0 Å². The van der Waals surface area contributed by atoms with E-state index in [2.05, 4.69) is 10.4 Å². The maximum atomic E-state index is 13.0. The third kappa shape index (κ3) is 4.93. The van der Waals surface area contributed by atoms with E-state index in [4.69, 9.17) is 9.72 Å². The number of aromatic nitrogens is 3. The average Bonchev–Trinajstić information content (AvgIpc) is 2.83. The molecule has 1 fully saturated rings. The molecule has 9 nitrogen and oxygen atoms in total. The quantitative estimate of drug-likeness (QED) is 0.638. The van der Waals surface area contributed by atoms with Gasteiger partial charge >= 0.3 is 0 Å². The van der Waals surface area contributed by atoms with Gasteiger partial charge in [-0.3, -0.25) is 14.4 Å². The van der Waals surface area contributed by atoms with Crippen LogP contribution in [0, 0.1) is 5.92 Å². The number of benzene rings is 1. The normalized spacial score (nSPS) is 16.2. The van der Waals surface area contributed by atoms with Gasteiger partial charge in [-0.25, -0.2) is 9.67 Å². The highest BCUT2D eigenvalue weighted by Crippen LogP contribution is 2.26. The summed E-state index contributed by atoms with van der Waals surface area (Å²) in [7, 11) is 1.51. The fraction of sp³-hybridized carbons (Fsp3) is 0.375. The second kappa shape index (κ2) is 9.50. The lowest BCUT2D eigenvalue weighted by molar-refractivity contribution is -0.0248. The summed E-state index contributed by atoms with van der Waals surface area (Å²) < 4.78 is 7.08. The van der Waals surface area contributed by atoms with E-state index in [1.165, 1.54) is 19.2 Å². The van der Waals surface area contributed by atoms with Crippen LogP contribution in [0.4, 0.5) is 0 Å². The van der Waals surface area contributed by atoms with E-state index in [9.17, 15) is 14.4 Å². The Morgan fingerprint density at radius 3 is 2.76 bits per heavy atom. The maximum absolute atomic E-state index is 13.0. The van der Waals surface area contributed by atoms with Gasteiger partial charge in [-0.1, -0.05) is 32.0 Å². The Morgan fingerprint density at radius 1 is 1.21 bits per heavy atom. The molecule has 0 spiro atoms. The topological polar surface area (TPSA) is 106 Å². The molecule has 1 aliphatic heterocycles. The minimum atomic E-state index is -0.489. The number of amides is 2. The zero-order valence-corrected chi connectivity index (χ0v) is 18.9. The van der Waals surface area contributed by atoms with Crippen LogP contribution in [0.5, 0.6) is 0 Å². The van der Waals surface area contributed by atoms with Gasteiger partial charge in [0.25, 0.3) is 17.4 Å². The van der Waals surface area contributed by atoms with Crippen LogP contribution in [0.1, 0.15) is 46.5 Å². The SMILES string of the molecule is CC(C)CNC(=O)c1cc([C@@H]2CN(C(=O)c3ccc(=O)n(C)n3)CCO2)nc2ccccc12. The maximum Gasteiger partial charge on any atom is 0.274 e. The predicted molar refractivity (Wildman–Crippen MR) is 123 cm³/mol. The van der Waals surface area contributed by atoms with Crippen LogP contribution in [-0.4, -0.2) is 57.7 Å². The number of hydrogen-bond acceptors (Lipinski definition) is 6. The number of carbonyl (C=O) groups is 2. The largest absolute Gasteiger partial charge is 0.368 e. The zero-order chi connectivity index (χ0) is 23.5. The van der Waals surface area contributed by atoms with Crippen molar-refractivity contribution in [3.8, 4) is 0 Å². The Kier molecular flexibility index (Phi) is 6.50. The zero-order valence-electron chi connectivity index (χ0n) is 18.9. The van der Waals surface area contributed by atoms with Crippen molar-refractivity contribution >= 4 is 22.7 Å². The first-order valence-corrected chi connectivity index (χ1v) is 11.0. The minimum absolute atomic E-state index is 0.165. The van der Waals surface area contributed by atoms with E-state index in [0.29, 0.717) is 42.4 Å². The van der Waals surface area contributed by atoms with Gasteiger partial charge in [-0.2, -0.15) is 5.10 Å². The highest BCUT2D eigenvalue weighted by Gasteiger charge is 2.29. The van der Waals surface area contributed by atoms with Crippen LogP contribution >= 0.6 is 0 Å². The first-order chi connectivity index (χ1) is 15.8. The molecule has 0 bridgehead atoms. The van der Waals surface area contributed by atoms with E-state index in [1.54, 1.807) is 11.0 Å². The number of fused-ring (bicyclic) bond motifs is 1. The number of ether oxygens (including phenoxy) is 1. The van der Waals surface area contributed by atoms with Gasteiger partial charge in [0.1, 0.15) is 11.8 Å². The van der Waals surface area contributed by atoms with Gasteiger partial charge in [0.05, 0.1) is 29.9 Å². The highest BCUT2D eigenvalue weighted by molar-refractivity contribution is 6.06. The third-order valence-corrected chi connectivity index (χ3v) is 5.51. The molecule has 3 heterocycles. The molecule has 1 aliphatic rings. The van der Waals surface area contributed by atoms with Crippen molar-refractivity contribution < 1.29 is 14.3 Å². The van der Waals surface area contributed by atoms with Crippen molar-refractivity contribution in [2.75, 3.05) is 26.2 Å². The molecule has 0 aliphatic carbocycles. The average molecular weight is 450 g/mol. The summed E-state index contributed by atoms with van der Waals surface area (Å²) in [4.78, 5) is 43.9. The molecule has 172 valence electrons. The molecular formula is C24H27N5O4. The van der Waals surface area contributed by atoms with Crippen LogP contribution in [0.15, 0.2) is 47.3 Å². The number of carbonyl (C=O) groups excluding carboxylic acids is 2. The second-order valence-corrected chi connectivity index (χ2v) is 8.51. The third-order valence-electron chi connectivity index (χ3n) is 5.51. The summed E-state index contributed by atoms with van der Waals surface area (Å²) in [5.41, 5.74) is 1.72. The van der Waals surface area contributed by atoms with E-state index < -0.39 is 6.10 Å². The Labute approximate surface area is 191 Å². The molecule has 2 aromatic heterocycles. The molecule has 1 aromatic carbocycles. The molecular weight excluding hydrogens is 422 g/mol. The van der Waals surface area contributed by atoms with Crippen LogP contribution in [0.2, 0.25) is 0 Å². The van der Waals surface area contributed by atoms with Crippen molar-refractivity contribution in [3.63, 3.8) is 0 Å². The molecule has 0 saturated carbocycles. The first kappa shape index (κ1) is 22.6. The first-order valence-electron chi connectivity index (χ1n) is 11.0. The van der Waals surface area contributed by atoms with Crippen LogP contribution < -0.4 is 10.9 Å². The monoisotopic (exact) mass is 449 g/mol. The van der Waals surface area contributed by atoms with Crippen LogP contribution in [-0.2, 0) is 11.8 Å². The second-order valence-electron chi connectivity index (χ2n) is 8.51. The molecule has 1 saturated heterocycles. The number of pyridine rings is 1. The van der Waals surface area contributed by atoms with Gasteiger partial charge in [0.15, 0.2) is 0 Å². The molecule has 3 aromatic rings. The summed E-state index contributed by atoms with van der Waals surface area (Å²) in [6.45, 7) is 5.64. The molecule has 0 radical (unpaired) electrons. The van der Waals surface area contributed by atoms with E-state index in [-0.39, 0.29) is 29.6 Å². The summed E-state index contributed by atoms with van der Waals surface area (Å²) in [6, 6.07) is 12.0. The van der Waals surface area contributed by atoms with E-state index >= 15 is 0 Å². The van der Waals surface area contributed by atoms with Gasteiger partial charge in [-0.05, 0) is 24.1 Å². The number of nitrogens with zero attached hydrogens (tertiary/aromatic N) is 4. The number of rotatable bonds is 5. The predicted octanol–water partition coefficient (Wildman–Crippen LogP) is 1.93. The van der Waals surface area contributed by atoms with Gasteiger partial charge in [0, 0.05) is 31.6 Å². The molecule has 0 unspecified atom stereocenters. The van der Waals surface area contributed by atoms with Crippen LogP contribution in [0.3, 0.4) is 0 Å². The minimum Gasteiger partial charge on any atom is -0.368 e. The number of hydrogen-bond donors (Lipinski definition) is 1. The lowest BCUT2D eigenvalue weighted by Gasteiger charge is -2.32. The van der Waals surface area contributed by atoms with Crippen molar-refractivity contribution in [3.05, 3.63) is 69.8 Å². The molecule has 9 heteroatoms. The van der Waals surface area contributed by atoms with Crippen molar-refractivity contribution in [1.82, 2.24) is 25.0 Å². The standard InChI is InChI=1S/C24H27N5O4/c1-15(2)13-25-23(31)17-12-20(26-18-7-5-4-6-16(17)18)21-14-29(10-11-33-21)24(32)19-8-9-22(30)28(3)27-19/h4-9,12,15,21H,10-11,13-14H2,1-3H3,(H,25,31)/t21-/m0/s1. The van der Waals surface area contributed by atoms with Crippen molar-refractivity contribution in [2.24, 2.45) is 13.0 Å². The number of morpholine rings is 1. The fourth-order valence-corrected chi connectivity index (χ4v) is 3.73. The fourth-order valence-electron chi connectivity index (χ4n) is 3.73. The smallest absolute Gasteiger partial charge is 0.274 e. The number of aryl methyl sites for hydroxylation is 1. The van der Waals surface area contributed by atoms with E-state index in [0.717, 1.165) is 10.1 Å². The van der Waals surface area contributed by atoms with Gasteiger partial charge < -0.3 is 15.0 Å².